The molecule has 198 valence electrons. The number of carbonyl (C=O) groups is 2. The maximum absolute atomic E-state index is 13.3. The first-order valence-corrected chi connectivity index (χ1v) is 12.4. The number of hydrogen-bond acceptors (Lipinski definition) is 7. The van der Waals surface area contributed by atoms with Crippen LogP contribution in [-0.4, -0.2) is 73.4 Å². The number of carbonyl (C=O) groups excluding carboxylic acids is 2. The molecule has 0 fully saturated rings. The van der Waals surface area contributed by atoms with Gasteiger partial charge >= 0.3 is 0 Å². The van der Waals surface area contributed by atoms with Gasteiger partial charge < -0.3 is 25.0 Å². The molecule has 0 unspecified atom stereocenters. The number of ether oxygens (including phenoxy) is 2. The van der Waals surface area contributed by atoms with Crippen LogP contribution in [0.15, 0.2) is 47.3 Å². The van der Waals surface area contributed by atoms with E-state index in [1.165, 1.54) is 14.2 Å². The molecule has 1 aromatic heterocycles. The molecule has 0 aliphatic carbocycles. The van der Waals surface area contributed by atoms with E-state index in [2.05, 4.69) is 34.5 Å². The number of likely N-dealkylation sites (N-methyl/N-ethyl adjacent to an activating group) is 1. The van der Waals surface area contributed by atoms with E-state index in [1.807, 2.05) is 0 Å². The minimum atomic E-state index is -0.564. The van der Waals surface area contributed by atoms with Gasteiger partial charge in [0.2, 0.25) is 5.91 Å². The Labute approximate surface area is 216 Å². The Morgan fingerprint density at radius 3 is 2.43 bits per heavy atom. The van der Waals surface area contributed by atoms with Crippen LogP contribution in [0.4, 0.5) is 0 Å². The van der Waals surface area contributed by atoms with Crippen molar-refractivity contribution < 1.29 is 19.1 Å². The van der Waals surface area contributed by atoms with Crippen molar-refractivity contribution in [3.63, 3.8) is 0 Å². The molecular weight excluding hydrogens is 474 g/mol. The topological polar surface area (TPSA) is 115 Å². The Kier molecular flexibility index (Phi) is 10.0. The maximum atomic E-state index is 13.3. The number of unbranched alkanes of at least 4 members (excludes halogenated alkanes) is 1. The number of aromatic nitrogens is 2. The average Bonchev–Trinajstić information content (AvgIpc) is 2.93. The standard InChI is InChI=1S/C27H35N5O5/c1-5-7-15-31(6-2)16-14-28-24(33)18-29-26(34)25-20-10-8-9-11-21(20)27(35)32(30-25)22-13-12-19(36-3)17-23(22)37-4/h8-13,17H,5-7,14-16,18H2,1-4H3,(H,28,33)(H,29,34). The normalized spacial score (nSPS) is 10.9. The van der Waals surface area contributed by atoms with Crippen molar-refractivity contribution in [2.24, 2.45) is 0 Å². The third-order valence-electron chi connectivity index (χ3n) is 6.07. The van der Waals surface area contributed by atoms with Gasteiger partial charge in [0.05, 0.1) is 26.2 Å². The molecule has 0 bridgehead atoms. The van der Waals surface area contributed by atoms with Crippen LogP contribution in [0, 0.1) is 0 Å². The quantitative estimate of drug-likeness (QED) is 0.364. The lowest BCUT2D eigenvalue weighted by atomic mass is 10.1. The Hall–Kier alpha value is -3.92. The Balaban J connectivity index is 1.80. The summed E-state index contributed by atoms with van der Waals surface area (Å²) in [4.78, 5) is 41.0. The summed E-state index contributed by atoms with van der Waals surface area (Å²) in [6.45, 7) is 7.19. The van der Waals surface area contributed by atoms with Crippen LogP contribution >= 0.6 is 0 Å². The molecule has 2 aromatic carbocycles. The molecule has 3 aromatic rings. The minimum absolute atomic E-state index is 0.0256. The number of benzene rings is 2. The molecule has 37 heavy (non-hydrogen) atoms. The van der Waals surface area contributed by atoms with Gasteiger partial charge in [-0.15, -0.1) is 0 Å². The van der Waals surface area contributed by atoms with E-state index in [0.29, 0.717) is 34.5 Å². The summed E-state index contributed by atoms with van der Waals surface area (Å²) in [5.41, 5.74) is -0.0242. The molecule has 0 saturated carbocycles. The first-order chi connectivity index (χ1) is 17.9. The highest BCUT2D eigenvalue weighted by molar-refractivity contribution is 6.05. The van der Waals surface area contributed by atoms with Crippen LogP contribution in [-0.2, 0) is 4.79 Å². The molecule has 0 aliphatic heterocycles. The highest BCUT2D eigenvalue weighted by atomic mass is 16.5. The third-order valence-corrected chi connectivity index (χ3v) is 6.07. The molecule has 2 N–H and O–H groups in total. The SMILES string of the molecule is CCCCN(CC)CCNC(=O)CNC(=O)c1nn(-c2ccc(OC)cc2OC)c(=O)c2ccccc12. The molecule has 2 amide bonds. The fraction of sp³-hybridized carbons (Fsp3) is 0.407. The molecule has 0 saturated heterocycles. The van der Waals surface area contributed by atoms with Gasteiger partial charge in [-0.2, -0.15) is 9.78 Å². The van der Waals surface area contributed by atoms with Gasteiger partial charge in [0.25, 0.3) is 11.5 Å². The van der Waals surface area contributed by atoms with Crippen LogP contribution in [0.2, 0.25) is 0 Å². The predicted octanol–water partition coefficient (Wildman–Crippen LogP) is 2.37. The summed E-state index contributed by atoms with van der Waals surface area (Å²) >= 11 is 0. The summed E-state index contributed by atoms with van der Waals surface area (Å²) < 4.78 is 11.8. The number of amides is 2. The van der Waals surface area contributed by atoms with E-state index in [9.17, 15) is 14.4 Å². The zero-order valence-electron chi connectivity index (χ0n) is 21.9. The number of nitrogens with one attached hydrogen (secondary N) is 2. The van der Waals surface area contributed by atoms with Crippen LogP contribution in [0.5, 0.6) is 11.5 Å². The summed E-state index contributed by atoms with van der Waals surface area (Å²) in [5, 5.41) is 10.5. The second-order valence-electron chi connectivity index (χ2n) is 8.47. The lowest BCUT2D eigenvalue weighted by Crippen LogP contribution is -2.41. The minimum Gasteiger partial charge on any atom is -0.497 e. The molecule has 10 heteroatoms. The zero-order valence-corrected chi connectivity index (χ0v) is 21.9. The van der Waals surface area contributed by atoms with E-state index in [0.717, 1.165) is 37.2 Å². The molecule has 0 radical (unpaired) electrons. The van der Waals surface area contributed by atoms with Crippen molar-refractivity contribution in [2.75, 3.05) is 46.9 Å². The molecule has 0 atom stereocenters. The second-order valence-corrected chi connectivity index (χ2v) is 8.47. The molecule has 0 aliphatic rings. The third kappa shape index (κ3) is 6.85. The second kappa shape index (κ2) is 13.4. The largest absolute Gasteiger partial charge is 0.497 e. The average molecular weight is 510 g/mol. The van der Waals surface area contributed by atoms with Crippen LogP contribution in [0.25, 0.3) is 16.5 Å². The number of nitrogens with zero attached hydrogens (tertiary/aromatic N) is 3. The molecule has 1 heterocycles. The van der Waals surface area contributed by atoms with E-state index in [4.69, 9.17) is 9.47 Å². The van der Waals surface area contributed by atoms with E-state index >= 15 is 0 Å². The lowest BCUT2D eigenvalue weighted by Gasteiger charge is -2.20. The van der Waals surface area contributed by atoms with Crippen molar-refractivity contribution >= 4 is 22.6 Å². The summed E-state index contributed by atoms with van der Waals surface area (Å²) in [7, 11) is 3.00. The molecule has 3 rings (SSSR count). The first-order valence-electron chi connectivity index (χ1n) is 12.4. The highest BCUT2D eigenvalue weighted by Gasteiger charge is 2.20. The van der Waals surface area contributed by atoms with Gasteiger partial charge in [-0.1, -0.05) is 38.5 Å². The molecule has 0 spiro atoms. The Morgan fingerprint density at radius 2 is 1.76 bits per heavy atom. The Bertz CT molecular complexity index is 1290. The first kappa shape index (κ1) is 27.7. The summed E-state index contributed by atoms with van der Waals surface area (Å²) in [6.07, 6.45) is 2.24. The predicted molar refractivity (Wildman–Crippen MR) is 143 cm³/mol. The fourth-order valence-corrected chi connectivity index (χ4v) is 3.95. The van der Waals surface area contributed by atoms with E-state index in [-0.39, 0.29) is 18.1 Å². The van der Waals surface area contributed by atoms with Crippen molar-refractivity contribution in [2.45, 2.75) is 26.7 Å². The number of hydrogen-bond donors (Lipinski definition) is 2. The van der Waals surface area contributed by atoms with Crippen molar-refractivity contribution in [1.29, 1.82) is 0 Å². The van der Waals surface area contributed by atoms with Crippen LogP contribution in [0.1, 0.15) is 37.2 Å². The van der Waals surface area contributed by atoms with E-state index < -0.39 is 11.5 Å². The van der Waals surface area contributed by atoms with Crippen molar-refractivity contribution in [3.8, 4) is 17.2 Å². The van der Waals surface area contributed by atoms with Gasteiger partial charge in [0, 0.05) is 24.5 Å². The molecular formula is C27H35N5O5. The lowest BCUT2D eigenvalue weighted by molar-refractivity contribution is -0.120. The highest BCUT2D eigenvalue weighted by Crippen LogP contribution is 2.27. The van der Waals surface area contributed by atoms with Gasteiger partial charge in [-0.3, -0.25) is 14.4 Å². The van der Waals surface area contributed by atoms with Gasteiger partial charge in [0.1, 0.15) is 17.2 Å². The van der Waals surface area contributed by atoms with Crippen molar-refractivity contribution in [1.82, 2.24) is 25.3 Å². The van der Waals surface area contributed by atoms with E-state index in [1.54, 1.807) is 42.5 Å². The summed E-state index contributed by atoms with van der Waals surface area (Å²) in [5.74, 6) is 0.0425. The monoisotopic (exact) mass is 509 g/mol. The van der Waals surface area contributed by atoms with Gasteiger partial charge in [-0.05, 0) is 37.7 Å². The summed E-state index contributed by atoms with van der Waals surface area (Å²) in [6, 6.07) is 11.7. The van der Waals surface area contributed by atoms with Gasteiger partial charge in [0.15, 0.2) is 5.69 Å². The number of rotatable bonds is 13. The van der Waals surface area contributed by atoms with Crippen LogP contribution < -0.4 is 25.7 Å². The number of fused-ring (bicyclic) bond motifs is 1. The van der Waals surface area contributed by atoms with Crippen LogP contribution in [0.3, 0.4) is 0 Å². The van der Waals surface area contributed by atoms with Gasteiger partial charge in [-0.25, -0.2) is 0 Å². The Morgan fingerprint density at radius 1 is 1.00 bits per heavy atom. The maximum Gasteiger partial charge on any atom is 0.279 e. The zero-order chi connectivity index (χ0) is 26.8. The number of methoxy groups -OCH3 is 2. The van der Waals surface area contributed by atoms with Crippen molar-refractivity contribution in [3.05, 3.63) is 58.5 Å². The molecule has 10 nitrogen and oxygen atoms in total. The fourth-order valence-electron chi connectivity index (χ4n) is 3.95. The smallest absolute Gasteiger partial charge is 0.279 e.